The van der Waals surface area contributed by atoms with Gasteiger partial charge in [-0.25, -0.2) is 13.6 Å². The van der Waals surface area contributed by atoms with Gasteiger partial charge in [0.1, 0.15) is 22.7 Å². The Labute approximate surface area is 348 Å². The molecule has 7 heterocycles. The number of rotatable bonds is 8. The third-order valence-electron chi connectivity index (χ3n) is 11.7. The van der Waals surface area contributed by atoms with Crippen molar-refractivity contribution < 1.29 is 40.9 Å². The van der Waals surface area contributed by atoms with E-state index in [1.165, 1.54) is 47.4 Å². The summed E-state index contributed by atoms with van der Waals surface area (Å²) >= 11 is 0. The molecule has 0 aliphatic carbocycles. The normalized spacial score (nSPS) is 17.6. The number of halogens is 5. The number of hydrogen-bond donors (Lipinski definition) is 2. The van der Waals surface area contributed by atoms with Crippen LogP contribution < -0.4 is 5.32 Å². The summed E-state index contributed by atoms with van der Waals surface area (Å²) in [4.78, 5) is 23.2. The third kappa shape index (κ3) is 9.75. The summed E-state index contributed by atoms with van der Waals surface area (Å²) in [5, 5.41) is 29.3. The van der Waals surface area contributed by atoms with Gasteiger partial charge >= 0.3 is 12.1 Å². The topological polar surface area (TPSA) is 169 Å². The summed E-state index contributed by atoms with van der Waals surface area (Å²) in [6, 6.07) is 10.7. The number of aryl methyl sites for hydroxylation is 2. The van der Waals surface area contributed by atoms with E-state index in [0.29, 0.717) is 53.6 Å². The van der Waals surface area contributed by atoms with E-state index in [2.05, 4.69) is 52.5 Å². The highest BCUT2D eigenvalue weighted by atomic mass is 19.4. The maximum Gasteiger partial charge on any atom is 0.490 e. The molecule has 2 aromatic carbocycles. The first-order valence-corrected chi connectivity index (χ1v) is 20.9. The zero-order chi connectivity index (χ0) is 43.3. The SMILES string of the molecule is CCc1nn(-c2noc(C3CCN(C4CCN(CC)CC4)CC3)n2)c2c(F)cccc12.CCc1nn(-c2noc(C3CCNCC3)n2)c2c(F)cccc12.O=C(O)C(F)(F)F. The molecular weight excluding hydrogens is 806 g/mol. The number of hydrogen-bond acceptors (Lipinski definition) is 12. The van der Waals surface area contributed by atoms with Crippen molar-refractivity contribution in [3.8, 4) is 11.9 Å². The summed E-state index contributed by atoms with van der Waals surface area (Å²) in [6.45, 7) is 13.9. The smallest absolute Gasteiger partial charge is 0.475 e. The van der Waals surface area contributed by atoms with Crippen LogP contribution in [0.15, 0.2) is 45.4 Å². The molecule has 0 saturated carbocycles. The molecular formula is C41H50F5N11O4. The number of para-hydroxylation sites is 2. The number of aliphatic carboxylic acids is 1. The van der Waals surface area contributed by atoms with E-state index in [9.17, 15) is 22.0 Å². The van der Waals surface area contributed by atoms with E-state index >= 15 is 0 Å². The first-order valence-electron chi connectivity index (χ1n) is 20.9. The summed E-state index contributed by atoms with van der Waals surface area (Å²) < 4.78 is 74.6. The summed E-state index contributed by atoms with van der Waals surface area (Å²) in [7, 11) is 0. The number of benzene rings is 2. The lowest BCUT2D eigenvalue weighted by atomic mass is 9.93. The number of carboxylic acids is 1. The lowest BCUT2D eigenvalue weighted by Crippen LogP contribution is -2.47. The molecule has 3 fully saturated rings. The van der Waals surface area contributed by atoms with Crippen LogP contribution in [0.25, 0.3) is 33.7 Å². The van der Waals surface area contributed by atoms with Gasteiger partial charge in [-0.2, -0.15) is 42.7 Å². The maximum atomic E-state index is 14.6. The van der Waals surface area contributed by atoms with Gasteiger partial charge in [-0.05, 0) is 120 Å². The fourth-order valence-corrected chi connectivity index (χ4v) is 8.33. The Morgan fingerprint density at radius 1 is 0.738 bits per heavy atom. The number of likely N-dealkylation sites (tertiary alicyclic amines) is 2. The Morgan fingerprint density at radius 3 is 1.62 bits per heavy atom. The molecule has 0 radical (unpaired) electrons. The van der Waals surface area contributed by atoms with Gasteiger partial charge in [0.2, 0.25) is 11.8 Å². The van der Waals surface area contributed by atoms with Gasteiger partial charge < -0.3 is 29.3 Å². The van der Waals surface area contributed by atoms with Crippen molar-refractivity contribution in [2.75, 3.05) is 45.8 Å². The highest BCUT2D eigenvalue weighted by Gasteiger charge is 2.38. The monoisotopic (exact) mass is 855 g/mol. The first kappa shape index (κ1) is 43.7. The van der Waals surface area contributed by atoms with Crippen LogP contribution in [0, 0.1) is 11.6 Å². The predicted molar refractivity (Wildman–Crippen MR) is 214 cm³/mol. The number of carboxylic acid groups (broad SMARTS) is 1. The fraction of sp³-hybridized carbons (Fsp3) is 0.537. The molecule has 4 aromatic heterocycles. The minimum Gasteiger partial charge on any atom is -0.475 e. The fourth-order valence-electron chi connectivity index (χ4n) is 8.33. The van der Waals surface area contributed by atoms with Gasteiger partial charge in [-0.15, -0.1) is 0 Å². The number of carbonyl (C=O) groups is 1. The van der Waals surface area contributed by atoms with Crippen molar-refractivity contribution in [3.05, 3.63) is 71.2 Å². The van der Waals surface area contributed by atoms with Crippen molar-refractivity contribution in [2.45, 2.75) is 96.2 Å². The summed E-state index contributed by atoms with van der Waals surface area (Å²) in [5.41, 5.74) is 2.48. The largest absolute Gasteiger partial charge is 0.490 e. The number of aromatic nitrogens is 8. The van der Waals surface area contributed by atoms with Crippen LogP contribution in [0.1, 0.15) is 94.3 Å². The van der Waals surface area contributed by atoms with E-state index < -0.39 is 12.1 Å². The molecule has 0 unspecified atom stereocenters. The van der Waals surface area contributed by atoms with Gasteiger partial charge in [-0.1, -0.05) is 45.0 Å². The van der Waals surface area contributed by atoms with Crippen molar-refractivity contribution in [2.24, 2.45) is 0 Å². The lowest BCUT2D eigenvalue weighted by molar-refractivity contribution is -0.192. The minimum absolute atomic E-state index is 0.255. The van der Waals surface area contributed by atoms with Crippen LogP contribution in [0.2, 0.25) is 0 Å². The molecule has 0 spiro atoms. The second kappa shape index (κ2) is 19.1. The van der Waals surface area contributed by atoms with Crippen LogP contribution in [-0.4, -0.2) is 119 Å². The van der Waals surface area contributed by atoms with Crippen molar-refractivity contribution in [1.82, 2.24) is 55.0 Å². The number of nitrogens with one attached hydrogen (secondary N) is 1. The molecule has 3 aliphatic heterocycles. The molecule has 15 nitrogen and oxygen atoms in total. The average molecular weight is 856 g/mol. The summed E-state index contributed by atoms with van der Waals surface area (Å²) in [6.07, 6.45) is 2.85. The molecule has 20 heteroatoms. The molecule has 0 bridgehead atoms. The number of nitrogens with zero attached hydrogens (tertiary/aromatic N) is 10. The van der Waals surface area contributed by atoms with Crippen LogP contribution in [0.3, 0.4) is 0 Å². The Hall–Kier alpha value is -5.34. The molecule has 6 aromatic rings. The lowest BCUT2D eigenvalue weighted by Gasteiger charge is -2.41. The quantitative estimate of drug-likeness (QED) is 0.151. The molecule has 2 N–H and O–H groups in total. The third-order valence-corrected chi connectivity index (χ3v) is 11.7. The molecule has 61 heavy (non-hydrogen) atoms. The Bertz CT molecular complexity index is 2390. The number of alkyl halides is 3. The van der Waals surface area contributed by atoms with Crippen molar-refractivity contribution >= 4 is 27.8 Å². The maximum absolute atomic E-state index is 14.6. The van der Waals surface area contributed by atoms with Crippen LogP contribution in [0.5, 0.6) is 0 Å². The molecule has 9 rings (SSSR count). The molecule has 0 amide bonds. The van der Waals surface area contributed by atoms with E-state index in [0.717, 1.165) is 80.6 Å². The molecule has 328 valence electrons. The Morgan fingerprint density at radius 2 is 1.20 bits per heavy atom. The van der Waals surface area contributed by atoms with Gasteiger partial charge in [0.05, 0.1) is 11.4 Å². The molecule has 3 saturated heterocycles. The van der Waals surface area contributed by atoms with E-state index in [1.54, 1.807) is 12.1 Å². The summed E-state index contributed by atoms with van der Waals surface area (Å²) in [5.74, 6) is -1.02. The van der Waals surface area contributed by atoms with Gasteiger partial charge in [0.15, 0.2) is 0 Å². The minimum atomic E-state index is -5.08. The van der Waals surface area contributed by atoms with Crippen molar-refractivity contribution in [1.29, 1.82) is 0 Å². The zero-order valence-corrected chi connectivity index (χ0v) is 34.3. The standard InChI is InChI=1S/C23H31FN6O.C16H18FN5O.C2HF3O2/c1-3-20-18-6-5-7-19(24)21(18)30(26-20)23-25-22(31-27-23)16-8-14-29(15-9-16)17-10-12-28(4-2)13-11-17;1-2-13-11-4-3-5-12(17)14(11)22(20-13)16-19-15(23-21-16)10-6-8-18-9-7-10;3-2(4,5)1(6)7/h5-7,16-17H,3-4,8-15H2,1-2H3;3-5,10,18H,2,6-9H2,1H3;(H,6,7). The second-order valence-electron chi connectivity index (χ2n) is 15.4. The van der Waals surface area contributed by atoms with E-state index in [1.807, 2.05) is 26.0 Å². The van der Waals surface area contributed by atoms with E-state index in [4.69, 9.17) is 18.9 Å². The van der Waals surface area contributed by atoms with Crippen LogP contribution >= 0.6 is 0 Å². The highest BCUT2D eigenvalue weighted by Crippen LogP contribution is 2.32. The number of fused-ring (bicyclic) bond motifs is 2. The van der Waals surface area contributed by atoms with Gasteiger partial charge in [-0.3, -0.25) is 0 Å². The number of piperidine rings is 3. The van der Waals surface area contributed by atoms with Gasteiger partial charge in [0, 0.05) is 28.7 Å². The van der Waals surface area contributed by atoms with Gasteiger partial charge in [0.25, 0.3) is 11.9 Å². The Balaban J connectivity index is 0.000000164. The van der Waals surface area contributed by atoms with Crippen LogP contribution in [-0.2, 0) is 17.6 Å². The first-order chi connectivity index (χ1) is 29.4. The highest BCUT2D eigenvalue weighted by molar-refractivity contribution is 5.84. The second-order valence-corrected chi connectivity index (χ2v) is 15.4. The van der Waals surface area contributed by atoms with Crippen molar-refractivity contribution in [3.63, 3.8) is 0 Å². The zero-order valence-electron chi connectivity index (χ0n) is 34.3. The van der Waals surface area contributed by atoms with Crippen LogP contribution in [0.4, 0.5) is 22.0 Å². The predicted octanol–water partition coefficient (Wildman–Crippen LogP) is 6.98. The Kier molecular flexibility index (Phi) is 13.7. The average Bonchev–Trinajstić information content (AvgIpc) is 4.10. The molecule has 0 atom stereocenters. The molecule has 3 aliphatic rings. The van der Waals surface area contributed by atoms with E-state index in [-0.39, 0.29) is 23.5 Å².